The van der Waals surface area contributed by atoms with Gasteiger partial charge in [0.15, 0.2) is 0 Å². The minimum atomic E-state index is -0.201. The molecule has 4 heterocycles. The quantitative estimate of drug-likeness (QED) is 0.563. The minimum Gasteiger partial charge on any atom is -0.443 e. The van der Waals surface area contributed by atoms with Crippen molar-refractivity contribution in [2.45, 2.75) is 32.2 Å². The Hall–Kier alpha value is -2.97. The van der Waals surface area contributed by atoms with Crippen molar-refractivity contribution in [3.8, 4) is 0 Å². The maximum Gasteiger partial charge on any atom is 0.273 e. The monoisotopic (exact) mass is 467 g/mol. The first-order valence-corrected chi connectivity index (χ1v) is 11.6. The fourth-order valence-corrected chi connectivity index (χ4v) is 4.60. The summed E-state index contributed by atoms with van der Waals surface area (Å²) in [5.41, 5.74) is 2.23. The van der Waals surface area contributed by atoms with Crippen molar-refractivity contribution in [1.29, 1.82) is 0 Å². The number of oxazole rings is 1. The molecule has 0 N–H and O–H groups in total. The van der Waals surface area contributed by atoms with Crippen LogP contribution in [0.2, 0.25) is 5.02 Å². The van der Waals surface area contributed by atoms with E-state index in [4.69, 9.17) is 20.8 Å². The second-order valence-corrected chi connectivity index (χ2v) is 8.86. The van der Waals surface area contributed by atoms with Gasteiger partial charge >= 0.3 is 0 Å². The summed E-state index contributed by atoms with van der Waals surface area (Å²) in [7, 11) is 0. The van der Waals surface area contributed by atoms with Gasteiger partial charge in [-0.05, 0) is 43.5 Å². The van der Waals surface area contributed by atoms with Crippen LogP contribution in [0.5, 0.6) is 0 Å². The summed E-state index contributed by atoms with van der Waals surface area (Å²) in [6, 6.07) is 9.23. The van der Waals surface area contributed by atoms with Crippen LogP contribution in [0, 0.1) is 6.92 Å². The highest BCUT2D eigenvalue weighted by Crippen LogP contribution is 2.33. The van der Waals surface area contributed by atoms with Crippen LogP contribution in [0.15, 0.2) is 40.9 Å². The Morgan fingerprint density at radius 3 is 2.85 bits per heavy atom. The van der Waals surface area contributed by atoms with E-state index in [-0.39, 0.29) is 11.9 Å². The molecule has 172 valence electrons. The van der Waals surface area contributed by atoms with Gasteiger partial charge in [0.1, 0.15) is 17.5 Å². The molecule has 8 nitrogen and oxygen atoms in total. The molecule has 5 rings (SSSR count). The van der Waals surface area contributed by atoms with Crippen LogP contribution < -0.4 is 4.90 Å². The van der Waals surface area contributed by atoms with E-state index in [2.05, 4.69) is 19.9 Å². The van der Waals surface area contributed by atoms with Crippen molar-refractivity contribution < 1.29 is 13.9 Å². The van der Waals surface area contributed by atoms with Crippen LogP contribution in [-0.2, 0) is 11.2 Å². The molecule has 1 unspecified atom stereocenters. The maximum absolute atomic E-state index is 13.5. The molecule has 2 aliphatic rings. The standard InChI is InChI=1S/C24H26ClN5O3/c1-16-12-20(28-24(27-16)29-8-10-32-11-9-29)23(31)30-7-3-6-21(30)22-26-15-19(33-22)14-17-4-2-5-18(25)13-17/h2,4-5,12-13,15,21H,3,6-11,14H2,1H3. The van der Waals surface area contributed by atoms with Gasteiger partial charge in [0.2, 0.25) is 11.8 Å². The smallest absolute Gasteiger partial charge is 0.273 e. The third-order valence-corrected chi connectivity index (χ3v) is 6.23. The fraction of sp³-hybridized carbons (Fsp3) is 0.417. The summed E-state index contributed by atoms with van der Waals surface area (Å²) < 4.78 is 11.5. The summed E-state index contributed by atoms with van der Waals surface area (Å²) in [6.45, 7) is 5.24. The van der Waals surface area contributed by atoms with Crippen LogP contribution in [0.25, 0.3) is 0 Å². The van der Waals surface area contributed by atoms with Crippen LogP contribution in [0.1, 0.15) is 52.3 Å². The van der Waals surface area contributed by atoms with Gasteiger partial charge in [0.05, 0.1) is 19.4 Å². The van der Waals surface area contributed by atoms with E-state index in [0.29, 0.717) is 48.7 Å². The number of morpholine rings is 1. The number of halogens is 1. The molecular formula is C24H26ClN5O3. The Kier molecular flexibility index (Phi) is 6.28. The molecule has 2 aliphatic heterocycles. The number of carbonyl (C=O) groups is 1. The van der Waals surface area contributed by atoms with Crippen molar-refractivity contribution in [1.82, 2.24) is 19.9 Å². The lowest BCUT2D eigenvalue weighted by Gasteiger charge is -2.27. The predicted molar refractivity (Wildman–Crippen MR) is 124 cm³/mol. The van der Waals surface area contributed by atoms with Crippen LogP contribution >= 0.6 is 11.6 Å². The highest BCUT2D eigenvalue weighted by molar-refractivity contribution is 6.30. The van der Waals surface area contributed by atoms with Gasteiger partial charge in [-0.2, -0.15) is 0 Å². The number of ether oxygens (including phenoxy) is 1. The van der Waals surface area contributed by atoms with E-state index in [1.54, 1.807) is 12.3 Å². The second kappa shape index (κ2) is 9.49. The molecule has 1 amide bonds. The Bertz CT molecular complexity index is 1140. The van der Waals surface area contributed by atoms with E-state index in [9.17, 15) is 4.79 Å². The summed E-state index contributed by atoms with van der Waals surface area (Å²) in [4.78, 5) is 31.0. The zero-order valence-corrected chi connectivity index (χ0v) is 19.3. The molecule has 1 atom stereocenters. The van der Waals surface area contributed by atoms with Gasteiger partial charge in [0, 0.05) is 36.8 Å². The number of hydrogen-bond donors (Lipinski definition) is 0. The largest absolute Gasteiger partial charge is 0.443 e. The average molecular weight is 468 g/mol. The predicted octanol–water partition coefficient (Wildman–Crippen LogP) is 3.83. The number of rotatable bonds is 5. The van der Waals surface area contributed by atoms with Crippen LogP contribution in [0.3, 0.4) is 0 Å². The first-order valence-electron chi connectivity index (χ1n) is 11.3. The topological polar surface area (TPSA) is 84.6 Å². The number of benzene rings is 1. The number of likely N-dealkylation sites (tertiary alicyclic amines) is 1. The molecule has 33 heavy (non-hydrogen) atoms. The van der Waals surface area contributed by atoms with Crippen molar-refractivity contribution in [2.24, 2.45) is 0 Å². The van der Waals surface area contributed by atoms with E-state index in [0.717, 1.165) is 42.9 Å². The summed E-state index contributed by atoms with van der Waals surface area (Å²) >= 11 is 6.09. The Morgan fingerprint density at radius 2 is 2.03 bits per heavy atom. The zero-order valence-electron chi connectivity index (χ0n) is 18.5. The van der Waals surface area contributed by atoms with Gasteiger partial charge < -0.3 is 19.0 Å². The Balaban J connectivity index is 1.34. The van der Waals surface area contributed by atoms with Gasteiger partial charge in [0.25, 0.3) is 5.91 Å². The van der Waals surface area contributed by atoms with Gasteiger partial charge in [-0.3, -0.25) is 4.79 Å². The Labute approximate surface area is 197 Å². The second-order valence-electron chi connectivity index (χ2n) is 8.42. The zero-order chi connectivity index (χ0) is 22.8. The van der Waals surface area contributed by atoms with E-state index >= 15 is 0 Å². The molecule has 1 aromatic carbocycles. The van der Waals surface area contributed by atoms with Crippen molar-refractivity contribution in [3.63, 3.8) is 0 Å². The lowest BCUT2D eigenvalue weighted by Crippen LogP contribution is -2.38. The molecule has 0 aliphatic carbocycles. The fourth-order valence-electron chi connectivity index (χ4n) is 4.39. The third-order valence-electron chi connectivity index (χ3n) is 5.99. The molecular weight excluding hydrogens is 442 g/mol. The number of hydrogen-bond acceptors (Lipinski definition) is 7. The normalized spacial score (nSPS) is 18.7. The lowest BCUT2D eigenvalue weighted by atomic mass is 10.1. The van der Waals surface area contributed by atoms with Crippen molar-refractivity contribution in [3.05, 3.63) is 70.2 Å². The Morgan fingerprint density at radius 1 is 1.18 bits per heavy atom. The lowest BCUT2D eigenvalue weighted by molar-refractivity contribution is 0.0708. The number of anilines is 1. The molecule has 0 saturated carbocycles. The van der Waals surface area contributed by atoms with Gasteiger partial charge in [-0.15, -0.1) is 0 Å². The van der Waals surface area contributed by atoms with Gasteiger partial charge in [-0.25, -0.2) is 15.0 Å². The highest BCUT2D eigenvalue weighted by Gasteiger charge is 2.35. The molecule has 2 aromatic heterocycles. The third kappa shape index (κ3) is 4.86. The molecule has 0 spiro atoms. The number of carbonyl (C=O) groups excluding carboxylic acids is 1. The average Bonchev–Trinajstić information content (AvgIpc) is 3.48. The maximum atomic E-state index is 13.5. The minimum absolute atomic E-state index is 0.118. The van der Waals surface area contributed by atoms with Crippen molar-refractivity contribution in [2.75, 3.05) is 37.7 Å². The molecule has 0 radical (unpaired) electrons. The van der Waals surface area contributed by atoms with Gasteiger partial charge in [-0.1, -0.05) is 23.7 Å². The summed E-state index contributed by atoms with van der Waals surface area (Å²) in [5, 5.41) is 0.691. The van der Waals surface area contributed by atoms with Crippen LogP contribution in [0.4, 0.5) is 5.95 Å². The molecule has 0 bridgehead atoms. The SMILES string of the molecule is Cc1cc(C(=O)N2CCCC2c2ncc(Cc3cccc(Cl)c3)o2)nc(N2CCOCC2)n1. The van der Waals surface area contributed by atoms with Crippen molar-refractivity contribution >= 4 is 23.5 Å². The first kappa shape index (κ1) is 21.9. The van der Waals surface area contributed by atoms with E-state index in [1.165, 1.54) is 0 Å². The first-order chi connectivity index (χ1) is 16.1. The number of aromatic nitrogens is 3. The molecule has 3 aromatic rings. The molecule has 9 heteroatoms. The number of amides is 1. The molecule has 2 saturated heterocycles. The van der Waals surface area contributed by atoms with Crippen LogP contribution in [-0.4, -0.2) is 58.6 Å². The number of nitrogens with zero attached hydrogens (tertiary/aromatic N) is 5. The molecule has 2 fully saturated rings. The number of aryl methyl sites for hydroxylation is 1. The highest BCUT2D eigenvalue weighted by atomic mass is 35.5. The summed E-state index contributed by atoms with van der Waals surface area (Å²) in [5.74, 6) is 1.78. The van der Waals surface area contributed by atoms with E-state index in [1.807, 2.05) is 36.1 Å². The van der Waals surface area contributed by atoms with E-state index < -0.39 is 0 Å². The summed E-state index contributed by atoms with van der Waals surface area (Å²) in [6.07, 6.45) is 4.04.